The number of anilines is 1. The molecule has 2 saturated carbocycles. The number of imidazole rings is 1. The predicted molar refractivity (Wildman–Crippen MR) is 93.5 cm³/mol. The molecule has 2 aliphatic carbocycles. The van der Waals surface area contributed by atoms with E-state index in [2.05, 4.69) is 35.2 Å². The largest absolute Gasteiger partial charge is 0.330 e. The summed E-state index contributed by atoms with van der Waals surface area (Å²) in [6.45, 7) is 16.1. The van der Waals surface area contributed by atoms with E-state index in [1.54, 1.807) is 0 Å². The van der Waals surface area contributed by atoms with E-state index in [0.29, 0.717) is 23.1 Å². The molecule has 0 aliphatic heterocycles. The maximum Gasteiger partial charge on any atom is 0.208 e. The Morgan fingerprint density at radius 3 is 2.74 bits per heavy atom. The number of hydrogen-bond donors (Lipinski definition) is 1. The van der Waals surface area contributed by atoms with Crippen molar-refractivity contribution in [1.29, 1.82) is 0 Å². The van der Waals surface area contributed by atoms with E-state index in [0.717, 1.165) is 22.7 Å². The maximum absolute atomic E-state index is 7.25. The van der Waals surface area contributed by atoms with Gasteiger partial charge in [-0.25, -0.2) is 9.83 Å². The van der Waals surface area contributed by atoms with E-state index in [1.807, 2.05) is 18.2 Å². The van der Waals surface area contributed by atoms with Gasteiger partial charge in [0, 0.05) is 17.7 Å². The fraction of sp³-hybridized carbons (Fsp3) is 0.474. The smallest absolute Gasteiger partial charge is 0.208 e. The normalized spacial score (nSPS) is 22.4. The summed E-state index contributed by atoms with van der Waals surface area (Å²) in [5.74, 6) is 1.41. The van der Waals surface area contributed by atoms with Crippen LogP contribution in [0.2, 0.25) is 0 Å². The summed E-state index contributed by atoms with van der Waals surface area (Å²) < 4.78 is 2.29. The molecule has 1 aromatic heterocycles. The van der Waals surface area contributed by atoms with Crippen molar-refractivity contribution >= 4 is 22.7 Å². The highest BCUT2D eigenvalue weighted by molar-refractivity contribution is 5.83. The van der Waals surface area contributed by atoms with E-state index >= 15 is 0 Å². The number of hydrogen-bond acceptors (Lipinski definition) is 2. The second kappa shape index (κ2) is 4.86. The average Bonchev–Trinajstić information content (AvgIpc) is 2.98. The Kier molecular flexibility index (Phi) is 3.02. The predicted octanol–water partition coefficient (Wildman–Crippen LogP) is 5.28. The lowest BCUT2D eigenvalue weighted by atomic mass is 9.92. The minimum Gasteiger partial charge on any atom is -0.330 e. The Morgan fingerprint density at radius 2 is 2.17 bits per heavy atom. The lowest BCUT2D eigenvalue weighted by molar-refractivity contribution is 0.323. The molecule has 23 heavy (non-hydrogen) atoms. The fourth-order valence-electron chi connectivity index (χ4n) is 3.55. The van der Waals surface area contributed by atoms with Crippen LogP contribution in [-0.4, -0.2) is 9.55 Å². The minimum atomic E-state index is 0.356. The molecule has 2 aliphatic rings. The third-order valence-corrected chi connectivity index (χ3v) is 5.45. The van der Waals surface area contributed by atoms with Crippen molar-refractivity contribution in [3.05, 3.63) is 41.9 Å². The number of nitrogens with zero attached hydrogens (tertiary/aromatic N) is 3. The summed E-state index contributed by atoms with van der Waals surface area (Å²) in [5, 5.41) is 3.48. The van der Waals surface area contributed by atoms with Crippen LogP contribution in [0.25, 0.3) is 15.9 Å². The van der Waals surface area contributed by atoms with Gasteiger partial charge in [-0.2, -0.15) is 0 Å². The summed E-state index contributed by atoms with van der Waals surface area (Å²) in [6.07, 6.45) is 4.82. The summed E-state index contributed by atoms with van der Waals surface area (Å²) in [5.41, 5.74) is 4.11. The van der Waals surface area contributed by atoms with Crippen molar-refractivity contribution in [2.45, 2.75) is 45.6 Å². The van der Waals surface area contributed by atoms with Crippen LogP contribution in [0.3, 0.4) is 0 Å². The second-order valence-electron chi connectivity index (χ2n) is 7.57. The Bertz CT molecular complexity index is 833. The summed E-state index contributed by atoms with van der Waals surface area (Å²) in [7, 11) is 0. The van der Waals surface area contributed by atoms with Crippen LogP contribution in [0.1, 0.15) is 45.6 Å². The maximum atomic E-state index is 7.25. The van der Waals surface area contributed by atoms with Crippen molar-refractivity contribution < 1.29 is 0 Å². The van der Waals surface area contributed by atoms with Crippen LogP contribution in [0.15, 0.2) is 30.5 Å². The van der Waals surface area contributed by atoms with Crippen molar-refractivity contribution in [2.24, 2.45) is 11.3 Å². The number of rotatable bonds is 4. The first-order chi connectivity index (χ1) is 11.0. The molecule has 0 radical (unpaired) electrons. The van der Waals surface area contributed by atoms with Crippen molar-refractivity contribution in [3.8, 4) is 0 Å². The number of aromatic nitrogens is 2. The van der Waals surface area contributed by atoms with Gasteiger partial charge in [-0.3, -0.25) is 0 Å². The van der Waals surface area contributed by atoms with Gasteiger partial charge in [-0.05, 0) is 43.2 Å². The first-order valence-corrected chi connectivity index (χ1v) is 8.35. The zero-order chi connectivity index (χ0) is 16.2. The first-order valence-electron chi connectivity index (χ1n) is 8.35. The molecule has 0 unspecified atom stereocenters. The molecule has 0 spiro atoms. The number of nitrogens with one attached hydrogen (secondary N) is 1. The molecule has 4 heteroatoms. The molecule has 4 nitrogen and oxygen atoms in total. The third-order valence-electron chi connectivity index (χ3n) is 5.45. The molecule has 2 aromatic rings. The molecule has 0 amide bonds. The Hall–Kier alpha value is -2.28. The molecule has 1 aromatic carbocycles. The highest BCUT2D eigenvalue weighted by Crippen LogP contribution is 2.55. The highest BCUT2D eigenvalue weighted by atomic mass is 15.2. The molecule has 0 bridgehead atoms. The number of fused-ring (bicyclic) bond motifs is 1. The Balaban J connectivity index is 1.73. The van der Waals surface area contributed by atoms with Crippen LogP contribution in [-0.2, 0) is 0 Å². The lowest BCUT2D eigenvalue weighted by Crippen LogP contribution is -2.19. The van der Waals surface area contributed by atoms with E-state index < -0.39 is 0 Å². The number of allylic oxidation sites excluding steroid dienone is 1. The van der Waals surface area contributed by atoms with Gasteiger partial charge in [-0.15, -0.1) is 0 Å². The molecule has 4 rings (SSSR count). The summed E-state index contributed by atoms with van der Waals surface area (Å²) in [4.78, 5) is 8.34. The molecular weight excluding hydrogens is 284 g/mol. The monoisotopic (exact) mass is 306 g/mol. The second-order valence-corrected chi connectivity index (χ2v) is 7.57. The highest BCUT2D eigenvalue weighted by Gasteiger charge is 2.47. The van der Waals surface area contributed by atoms with Gasteiger partial charge in [0.15, 0.2) is 5.69 Å². The minimum absolute atomic E-state index is 0.356. The van der Waals surface area contributed by atoms with E-state index in [-0.39, 0.29) is 0 Å². The van der Waals surface area contributed by atoms with Crippen molar-refractivity contribution in [1.82, 2.24) is 9.55 Å². The van der Waals surface area contributed by atoms with Gasteiger partial charge in [-0.1, -0.05) is 26.5 Å². The van der Waals surface area contributed by atoms with Crippen LogP contribution in [0.4, 0.5) is 11.6 Å². The van der Waals surface area contributed by atoms with Crippen LogP contribution < -0.4 is 5.32 Å². The zero-order valence-electron chi connectivity index (χ0n) is 13.8. The van der Waals surface area contributed by atoms with Crippen LogP contribution >= 0.6 is 0 Å². The molecule has 1 N–H and O–H groups in total. The average molecular weight is 306 g/mol. The summed E-state index contributed by atoms with van der Waals surface area (Å²) >= 11 is 0. The molecule has 2 fully saturated rings. The molecule has 0 saturated heterocycles. The number of benzene rings is 1. The van der Waals surface area contributed by atoms with E-state index in [4.69, 9.17) is 11.6 Å². The van der Waals surface area contributed by atoms with E-state index in [1.165, 1.54) is 25.7 Å². The van der Waals surface area contributed by atoms with Crippen molar-refractivity contribution in [2.75, 3.05) is 5.32 Å². The van der Waals surface area contributed by atoms with Gasteiger partial charge in [0.2, 0.25) is 5.95 Å². The Labute approximate surface area is 137 Å². The van der Waals surface area contributed by atoms with Crippen molar-refractivity contribution in [3.63, 3.8) is 0 Å². The first kappa shape index (κ1) is 14.3. The summed E-state index contributed by atoms with van der Waals surface area (Å²) in [6, 6.07) is 6.24. The topological polar surface area (TPSA) is 34.2 Å². The third kappa shape index (κ3) is 2.31. The van der Waals surface area contributed by atoms with Gasteiger partial charge < -0.3 is 9.88 Å². The Morgan fingerprint density at radius 1 is 1.43 bits per heavy atom. The van der Waals surface area contributed by atoms with Gasteiger partial charge >= 0.3 is 0 Å². The molecule has 1 heterocycles. The standard InChI is InChI=1S/C19H22N4/c1-12(15-11-19(15,2)3)21-18-22-16-9-8-13(20-4)10-17(16)23(18)14-6-5-7-14/h8-10,14-15H,1,5-7,11H2,2-3H3,(H,21,22)/t15-/m1/s1. The van der Waals surface area contributed by atoms with Crippen LogP contribution in [0, 0.1) is 17.9 Å². The van der Waals surface area contributed by atoms with E-state index in [9.17, 15) is 0 Å². The van der Waals surface area contributed by atoms with Gasteiger partial charge in [0.1, 0.15) is 0 Å². The van der Waals surface area contributed by atoms with Gasteiger partial charge in [0.05, 0.1) is 17.6 Å². The lowest BCUT2D eigenvalue weighted by Gasteiger charge is -2.29. The van der Waals surface area contributed by atoms with Crippen LogP contribution in [0.5, 0.6) is 0 Å². The zero-order valence-corrected chi connectivity index (χ0v) is 13.8. The quantitative estimate of drug-likeness (QED) is 0.779. The SMILES string of the molecule is [C-]#[N+]c1ccc2nc(NC(=C)[C@H]3CC3(C)C)n(C3CCC3)c2c1. The molecule has 1 atom stereocenters. The fourth-order valence-corrected chi connectivity index (χ4v) is 3.55. The molecular formula is C19H22N4. The van der Waals surface area contributed by atoms with Gasteiger partial charge in [0.25, 0.3) is 0 Å². The molecule has 118 valence electrons.